The van der Waals surface area contributed by atoms with E-state index in [1.807, 2.05) is 56.3 Å². The summed E-state index contributed by atoms with van der Waals surface area (Å²) in [5.74, 6) is -0.138. The molecule has 0 radical (unpaired) electrons. The standard InChI is InChI=1S/C26H21ClN4OS/c1-3-24(25(32)30-23-14-16(2)29-22-7-5-4-6-20(22)23)33-26-18(15-28)10-13-21(31-26)17-8-11-19(27)12-9-17/h4-14,24H,3H2,1-2H3,(H,29,30,32). The van der Waals surface area contributed by atoms with Crippen molar-refractivity contribution < 1.29 is 4.79 Å². The molecule has 0 spiro atoms. The lowest BCUT2D eigenvalue weighted by molar-refractivity contribution is -0.115. The predicted molar refractivity (Wildman–Crippen MR) is 134 cm³/mol. The van der Waals surface area contributed by atoms with Gasteiger partial charge in [0, 0.05) is 21.7 Å². The fourth-order valence-electron chi connectivity index (χ4n) is 3.48. The maximum absolute atomic E-state index is 13.2. The number of aromatic nitrogens is 2. The molecule has 4 rings (SSSR count). The van der Waals surface area contributed by atoms with Crippen LogP contribution in [-0.4, -0.2) is 21.1 Å². The van der Waals surface area contributed by atoms with Gasteiger partial charge in [-0.1, -0.05) is 60.6 Å². The van der Waals surface area contributed by atoms with Gasteiger partial charge in [-0.25, -0.2) is 4.98 Å². The fraction of sp³-hybridized carbons (Fsp3) is 0.154. The number of hydrogen-bond acceptors (Lipinski definition) is 5. The molecule has 7 heteroatoms. The van der Waals surface area contributed by atoms with Gasteiger partial charge in [0.1, 0.15) is 11.1 Å². The Morgan fingerprint density at radius 3 is 2.61 bits per heavy atom. The molecule has 1 unspecified atom stereocenters. The Hall–Kier alpha value is -3.40. The van der Waals surface area contributed by atoms with Crippen LogP contribution in [-0.2, 0) is 4.79 Å². The minimum absolute atomic E-state index is 0.138. The number of thioether (sulfide) groups is 1. The van der Waals surface area contributed by atoms with E-state index in [0.717, 1.165) is 33.5 Å². The SMILES string of the molecule is CCC(Sc1nc(-c2ccc(Cl)cc2)ccc1C#N)C(=O)Nc1cc(C)nc2ccccc12. The van der Waals surface area contributed by atoms with Crippen LogP contribution in [0.3, 0.4) is 0 Å². The molecule has 5 nitrogen and oxygen atoms in total. The zero-order valence-electron chi connectivity index (χ0n) is 18.2. The number of halogens is 1. The smallest absolute Gasteiger partial charge is 0.237 e. The highest BCUT2D eigenvalue weighted by Gasteiger charge is 2.22. The molecule has 2 aromatic carbocycles. The molecule has 0 fully saturated rings. The number of nitrogens with zero attached hydrogens (tertiary/aromatic N) is 3. The molecule has 164 valence electrons. The number of hydrogen-bond donors (Lipinski definition) is 1. The highest BCUT2D eigenvalue weighted by Crippen LogP contribution is 2.31. The molecule has 1 N–H and O–H groups in total. The highest BCUT2D eigenvalue weighted by molar-refractivity contribution is 8.00. The van der Waals surface area contributed by atoms with Crippen LogP contribution < -0.4 is 5.32 Å². The van der Waals surface area contributed by atoms with Gasteiger partial charge in [0.25, 0.3) is 0 Å². The summed E-state index contributed by atoms with van der Waals surface area (Å²) in [4.78, 5) is 22.4. The van der Waals surface area contributed by atoms with Crippen molar-refractivity contribution >= 4 is 45.9 Å². The van der Waals surface area contributed by atoms with E-state index in [0.29, 0.717) is 22.0 Å². The third-order valence-corrected chi connectivity index (χ3v) is 6.76. The minimum Gasteiger partial charge on any atom is -0.324 e. The molecule has 1 amide bonds. The third-order valence-electron chi connectivity index (χ3n) is 5.14. The molecule has 1 atom stereocenters. The van der Waals surface area contributed by atoms with Gasteiger partial charge in [0.2, 0.25) is 5.91 Å². The Morgan fingerprint density at radius 1 is 1.12 bits per heavy atom. The van der Waals surface area contributed by atoms with Crippen molar-refractivity contribution in [3.05, 3.63) is 83.0 Å². The molecule has 0 aliphatic heterocycles. The highest BCUT2D eigenvalue weighted by atomic mass is 35.5. The summed E-state index contributed by atoms with van der Waals surface area (Å²) in [5, 5.41) is 14.3. The van der Waals surface area contributed by atoms with Gasteiger partial charge >= 0.3 is 0 Å². The topological polar surface area (TPSA) is 78.7 Å². The van der Waals surface area contributed by atoms with Crippen LogP contribution in [0, 0.1) is 18.3 Å². The van der Waals surface area contributed by atoms with Crippen LogP contribution in [0.25, 0.3) is 22.2 Å². The monoisotopic (exact) mass is 472 g/mol. The van der Waals surface area contributed by atoms with E-state index in [9.17, 15) is 10.1 Å². The van der Waals surface area contributed by atoms with Crippen molar-refractivity contribution in [1.82, 2.24) is 9.97 Å². The number of pyridine rings is 2. The summed E-state index contributed by atoms with van der Waals surface area (Å²) in [6, 6.07) is 22.7. The van der Waals surface area contributed by atoms with E-state index in [1.54, 1.807) is 24.3 Å². The lowest BCUT2D eigenvalue weighted by Crippen LogP contribution is -2.25. The van der Waals surface area contributed by atoms with Crippen LogP contribution in [0.15, 0.2) is 71.8 Å². The number of rotatable bonds is 6. The average molecular weight is 473 g/mol. The molecule has 0 bridgehead atoms. The largest absolute Gasteiger partial charge is 0.324 e. The van der Waals surface area contributed by atoms with E-state index < -0.39 is 5.25 Å². The number of carbonyl (C=O) groups excluding carboxylic acids is 1. The summed E-state index contributed by atoms with van der Waals surface area (Å²) in [6.45, 7) is 3.85. The first kappa shape index (κ1) is 22.8. The lowest BCUT2D eigenvalue weighted by Gasteiger charge is -2.17. The number of nitriles is 1. The van der Waals surface area contributed by atoms with Crippen molar-refractivity contribution in [2.45, 2.75) is 30.5 Å². The van der Waals surface area contributed by atoms with Gasteiger partial charge in [0.15, 0.2) is 0 Å². The number of nitrogens with one attached hydrogen (secondary N) is 1. The van der Waals surface area contributed by atoms with Gasteiger partial charge in [0.05, 0.1) is 27.7 Å². The van der Waals surface area contributed by atoms with Crippen molar-refractivity contribution in [3.63, 3.8) is 0 Å². The Balaban J connectivity index is 1.61. The number of fused-ring (bicyclic) bond motifs is 1. The van der Waals surface area contributed by atoms with E-state index in [-0.39, 0.29) is 5.91 Å². The van der Waals surface area contributed by atoms with Crippen molar-refractivity contribution in [2.75, 3.05) is 5.32 Å². The van der Waals surface area contributed by atoms with Gasteiger partial charge in [-0.05, 0) is 49.7 Å². The number of aryl methyl sites for hydroxylation is 1. The Kier molecular flexibility index (Phi) is 6.93. The minimum atomic E-state index is -0.419. The first-order valence-electron chi connectivity index (χ1n) is 10.5. The third kappa shape index (κ3) is 5.16. The quantitative estimate of drug-likeness (QED) is 0.318. The molecule has 2 heterocycles. The summed E-state index contributed by atoms with van der Waals surface area (Å²) in [7, 11) is 0. The predicted octanol–water partition coefficient (Wildman–Crippen LogP) is 6.64. The van der Waals surface area contributed by atoms with E-state index in [2.05, 4.69) is 16.4 Å². The van der Waals surface area contributed by atoms with Crippen LogP contribution >= 0.6 is 23.4 Å². The zero-order valence-corrected chi connectivity index (χ0v) is 19.7. The van der Waals surface area contributed by atoms with Crippen molar-refractivity contribution in [3.8, 4) is 17.3 Å². The molecular formula is C26H21ClN4OS. The van der Waals surface area contributed by atoms with Crippen molar-refractivity contribution in [2.24, 2.45) is 0 Å². The molecule has 4 aromatic rings. The summed E-state index contributed by atoms with van der Waals surface area (Å²) >= 11 is 7.30. The molecule has 0 saturated heterocycles. The summed E-state index contributed by atoms with van der Waals surface area (Å²) in [6.07, 6.45) is 0.580. The van der Waals surface area contributed by atoms with Gasteiger partial charge in [-0.15, -0.1) is 0 Å². The number of benzene rings is 2. The Morgan fingerprint density at radius 2 is 1.88 bits per heavy atom. The fourth-order valence-corrected chi connectivity index (χ4v) is 4.60. The Bertz CT molecular complexity index is 1370. The first-order chi connectivity index (χ1) is 16.0. The van der Waals surface area contributed by atoms with Gasteiger partial charge < -0.3 is 5.32 Å². The second-order valence-electron chi connectivity index (χ2n) is 7.50. The molecular weight excluding hydrogens is 452 g/mol. The lowest BCUT2D eigenvalue weighted by atomic mass is 10.1. The van der Waals surface area contributed by atoms with Crippen molar-refractivity contribution in [1.29, 1.82) is 5.26 Å². The van der Waals surface area contributed by atoms with Gasteiger partial charge in [-0.3, -0.25) is 9.78 Å². The average Bonchev–Trinajstić information content (AvgIpc) is 2.82. The normalized spacial score (nSPS) is 11.7. The number of para-hydroxylation sites is 1. The number of anilines is 1. The second-order valence-corrected chi connectivity index (χ2v) is 9.13. The second kappa shape index (κ2) is 10.0. The molecule has 33 heavy (non-hydrogen) atoms. The summed E-state index contributed by atoms with van der Waals surface area (Å²) < 4.78 is 0. The number of carbonyl (C=O) groups is 1. The molecule has 0 aliphatic rings. The van der Waals surface area contributed by atoms with E-state index in [1.165, 1.54) is 11.8 Å². The Labute approximate surface area is 201 Å². The van der Waals surface area contributed by atoms with Crippen LogP contribution in [0.1, 0.15) is 24.6 Å². The van der Waals surface area contributed by atoms with E-state index in [4.69, 9.17) is 16.6 Å². The van der Waals surface area contributed by atoms with Crippen LogP contribution in [0.2, 0.25) is 5.02 Å². The van der Waals surface area contributed by atoms with Gasteiger partial charge in [-0.2, -0.15) is 5.26 Å². The maximum Gasteiger partial charge on any atom is 0.237 e. The zero-order chi connectivity index (χ0) is 23.4. The maximum atomic E-state index is 13.2. The van der Waals surface area contributed by atoms with Crippen LogP contribution in [0.5, 0.6) is 0 Å². The first-order valence-corrected chi connectivity index (χ1v) is 11.7. The van der Waals surface area contributed by atoms with E-state index >= 15 is 0 Å². The molecule has 2 aromatic heterocycles. The summed E-state index contributed by atoms with van der Waals surface area (Å²) in [5.41, 5.74) is 4.44. The van der Waals surface area contributed by atoms with Crippen LogP contribution in [0.4, 0.5) is 5.69 Å². The number of amides is 1. The molecule has 0 saturated carbocycles. The molecule has 0 aliphatic carbocycles.